The van der Waals surface area contributed by atoms with Crippen molar-refractivity contribution in [2.75, 3.05) is 32.9 Å². The molecular weight excluding hydrogens is 262 g/mol. The fourth-order valence-electron chi connectivity index (χ4n) is 2.82. The van der Waals surface area contributed by atoms with Gasteiger partial charge < -0.3 is 10.2 Å². The van der Waals surface area contributed by atoms with E-state index in [2.05, 4.69) is 14.9 Å². The zero-order valence-electron chi connectivity index (χ0n) is 12.1. The van der Waals surface area contributed by atoms with Crippen molar-refractivity contribution >= 4 is 10.0 Å². The molecule has 0 heterocycles. The summed E-state index contributed by atoms with van der Waals surface area (Å²) in [6.07, 6.45) is 6.95. The third-order valence-electron chi connectivity index (χ3n) is 4.49. The van der Waals surface area contributed by atoms with Crippen molar-refractivity contribution in [1.82, 2.24) is 14.9 Å². The quantitative estimate of drug-likeness (QED) is 0.684. The summed E-state index contributed by atoms with van der Waals surface area (Å²) < 4.78 is 26.8. The van der Waals surface area contributed by atoms with Crippen LogP contribution in [0, 0.1) is 0 Å². The summed E-state index contributed by atoms with van der Waals surface area (Å²) in [5, 5.41) is 3.24. The van der Waals surface area contributed by atoms with E-state index in [9.17, 15) is 8.42 Å². The van der Waals surface area contributed by atoms with Gasteiger partial charge in [-0.3, -0.25) is 0 Å². The molecule has 2 N–H and O–H groups in total. The molecule has 2 aliphatic rings. The topological polar surface area (TPSA) is 61.4 Å². The Balaban J connectivity index is 1.78. The van der Waals surface area contributed by atoms with Crippen LogP contribution in [-0.2, 0) is 10.0 Å². The standard InChI is InChI=1S/C13H27N3O2S/c1-16(2)13(7-3-4-8-13)11-15-19(17,18)10-9-14-12-5-6-12/h12,14-15H,3-11H2,1-2H3. The number of sulfonamides is 1. The molecule has 2 saturated carbocycles. The lowest BCUT2D eigenvalue weighted by atomic mass is 9.97. The van der Waals surface area contributed by atoms with Gasteiger partial charge in [0.25, 0.3) is 0 Å². The van der Waals surface area contributed by atoms with E-state index in [1.165, 1.54) is 25.7 Å². The first-order chi connectivity index (χ1) is 8.94. The molecule has 112 valence electrons. The molecule has 0 aromatic carbocycles. The Kier molecular flexibility index (Phi) is 4.87. The normalized spacial score (nSPS) is 23.1. The Morgan fingerprint density at radius 1 is 1.21 bits per heavy atom. The van der Waals surface area contributed by atoms with Gasteiger partial charge in [0.2, 0.25) is 10.0 Å². The number of rotatable bonds is 8. The average Bonchev–Trinajstić information content (AvgIpc) is 3.03. The lowest BCUT2D eigenvalue weighted by Gasteiger charge is -2.36. The zero-order valence-corrected chi connectivity index (χ0v) is 12.9. The molecule has 6 heteroatoms. The van der Waals surface area contributed by atoms with Gasteiger partial charge in [0.1, 0.15) is 0 Å². The summed E-state index contributed by atoms with van der Waals surface area (Å²) in [5.41, 5.74) is 0.0248. The first-order valence-electron chi connectivity index (χ1n) is 7.32. The number of hydrogen-bond donors (Lipinski definition) is 2. The summed E-state index contributed by atoms with van der Waals surface area (Å²) in [7, 11) is 0.952. The van der Waals surface area contributed by atoms with Crippen molar-refractivity contribution in [2.24, 2.45) is 0 Å². The highest BCUT2D eigenvalue weighted by atomic mass is 32.2. The Hall–Kier alpha value is -0.170. The van der Waals surface area contributed by atoms with Gasteiger partial charge in [-0.25, -0.2) is 13.1 Å². The summed E-state index contributed by atoms with van der Waals surface area (Å²) in [5.74, 6) is 0.188. The van der Waals surface area contributed by atoms with Crippen LogP contribution in [0.15, 0.2) is 0 Å². The van der Waals surface area contributed by atoms with Crippen molar-refractivity contribution < 1.29 is 8.42 Å². The lowest BCUT2D eigenvalue weighted by molar-refractivity contribution is 0.162. The summed E-state index contributed by atoms with van der Waals surface area (Å²) in [4.78, 5) is 2.19. The molecule has 0 atom stereocenters. The Labute approximate surface area is 117 Å². The van der Waals surface area contributed by atoms with Gasteiger partial charge in [-0.15, -0.1) is 0 Å². The minimum atomic E-state index is -3.15. The molecule has 0 spiro atoms. The van der Waals surface area contributed by atoms with Gasteiger partial charge in [0.05, 0.1) is 5.75 Å². The van der Waals surface area contributed by atoms with Gasteiger partial charge in [-0.2, -0.15) is 0 Å². The van der Waals surface area contributed by atoms with E-state index in [1.807, 2.05) is 14.1 Å². The molecule has 2 rings (SSSR count). The smallest absolute Gasteiger partial charge is 0.212 e. The average molecular weight is 289 g/mol. The van der Waals surface area contributed by atoms with Crippen molar-refractivity contribution in [1.29, 1.82) is 0 Å². The van der Waals surface area contributed by atoms with Gasteiger partial charge >= 0.3 is 0 Å². The second-order valence-electron chi connectivity index (χ2n) is 6.19. The van der Waals surface area contributed by atoms with Crippen LogP contribution in [0.1, 0.15) is 38.5 Å². The molecular formula is C13H27N3O2S. The number of nitrogens with one attached hydrogen (secondary N) is 2. The molecule has 5 nitrogen and oxygen atoms in total. The first kappa shape index (κ1) is 15.2. The van der Waals surface area contributed by atoms with Crippen LogP contribution in [0.3, 0.4) is 0 Å². The zero-order chi connectivity index (χ0) is 13.9. The fourth-order valence-corrected chi connectivity index (χ4v) is 3.84. The molecule has 0 radical (unpaired) electrons. The maximum absolute atomic E-state index is 12.0. The predicted octanol–water partition coefficient (Wildman–Crippen LogP) is 0.532. The van der Waals surface area contributed by atoms with Gasteiger partial charge in [-0.05, 0) is 39.8 Å². The third-order valence-corrected chi connectivity index (χ3v) is 5.81. The van der Waals surface area contributed by atoms with Gasteiger partial charge in [0, 0.05) is 24.7 Å². The van der Waals surface area contributed by atoms with Crippen LogP contribution in [0.2, 0.25) is 0 Å². The first-order valence-corrected chi connectivity index (χ1v) is 8.97. The number of hydrogen-bond acceptors (Lipinski definition) is 4. The SMILES string of the molecule is CN(C)C1(CNS(=O)(=O)CCNC2CC2)CCCC1. The molecule has 0 aromatic heterocycles. The van der Waals surface area contributed by atoms with Crippen LogP contribution in [-0.4, -0.2) is 57.8 Å². The van der Waals surface area contributed by atoms with Crippen molar-refractivity contribution in [3.8, 4) is 0 Å². The lowest BCUT2D eigenvalue weighted by Crippen LogP contribution is -2.51. The summed E-state index contributed by atoms with van der Waals surface area (Å²) in [6.45, 7) is 1.11. The van der Waals surface area contributed by atoms with E-state index in [0.29, 0.717) is 19.1 Å². The Morgan fingerprint density at radius 2 is 1.84 bits per heavy atom. The van der Waals surface area contributed by atoms with E-state index in [1.54, 1.807) is 0 Å². The van der Waals surface area contributed by atoms with Crippen LogP contribution in [0.25, 0.3) is 0 Å². The molecule has 0 amide bonds. The summed E-state index contributed by atoms with van der Waals surface area (Å²) in [6, 6.07) is 0.568. The third kappa shape index (κ3) is 4.41. The molecule has 0 aromatic rings. The molecule has 0 saturated heterocycles. The minimum Gasteiger partial charge on any atom is -0.313 e. The van der Waals surface area contributed by atoms with Crippen molar-refractivity contribution in [3.05, 3.63) is 0 Å². The van der Waals surface area contributed by atoms with Crippen LogP contribution in [0.4, 0.5) is 0 Å². The van der Waals surface area contributed by atoms with Crippen LogP contribution >= 0.6 is 0 Å². The Bertz CT molecular complexity index is 385. The predicted molar refractivity (Wildman–Crippen MR) is 77.7 cm³/mol. The molecule has 0 aliphatic heterocycles. The van der Waals surface area contributed by atoms with E-state index in [0.717, 1.165) is 12.8 Å². The van der Waals surface area contributed by atoms with Crippen LogP contribution in [0.5, 0.6) is 0 Å². The molecule has 0 bridgehead atoms. The van der Waals surface area contributed by atoms with Gasteiger partial charge in [-0.1, -0.05) is 12.8 Å². The van der Waals surface area contributed by atoms with Gasteiger partial charge in [0.15, 0.2) is 0 Å². The number of likely N-dealkylation sites (N-methyl/N-ethyl adjacent to an activating group) is 1. The second-order valence-corrected chi connectivity index (χ2v) is 8.12. The maximum atomic E-state index is 12.0. The van der Waals surface area contributed by atoms with Crippen molar-refractivity contribution in [3.63, 3.8) is 0 Å². The monoisotopic (exact) mass is 289 g/mol. The highest BCUT2D eigenvalue weighted by molar-refractivity contribution is 7.89. The highest BCUT2D eigenvalue weighted by Crippen LogP contribution is 2.33. The Morgan fingerprint density at radius 3 is 2.37 bits per heavy atom. The van der Waals surface area contributed by atoms with Crippen molar-refractivity contribution in [2.45, 2.75) is 50.1 Å². The fraction of sp³-hybridized carbons (Fsp3) is 1.00. The summed E-state index contributed by atoms with van der Waals surface area (Å²) >= 11 is 0. The molecule has 2 fully saturated rings. The highest BCUT2D eigenvalue weighted by Gasteiger charge is 2.36. The largest absolute Gasteiger partial charge is 0.313 e. The van der Waals surface area contributed by atoms with E-state index >= 15 is 0 Å². The van der Waals surface area contributed by atoms with E-state index < -0.39 is 10.0 Å². The number of nitrogens with zero attached hydrogens (tertiary/aromatic N) is 1. The molecule has 2 aliphatic carbocycles. The van der Waals surface area contributed by atoms with E-state index in [4.69, 9.17) is 0 Å². The maximum Gasteiger partial charge on any atom is 0.212 e. The second kappa shape index (κ2) is 6.08. The van der Waals surface area contributed by atoms with E-state index in [-0.39, 0.29) is 11.3 Å². The van der Waals surface area contributed by atoms with Crippen LogP contribution < -0.4 is 10.0 Å². The molecule has 19 heavy (non-hydrogen) atoms. The minimum absolute atomic E-state index is 0.0248. The molecule has 0 unspecified atom stereocenters.